The van der Waals surface area contributed by atoms with E-state index in [0.29, 0.717) is 38.6 Å². The summed E-state index contributed by atoms with van der Waals surface area (Å²) in [7, 11) is 0. The minimum absolute atomic E-state index is 0.0330. The molecule has 7 nitrogen and oxygen atoms in total. The van der Waals surface area contributed by atoms with Crippen LogP contribution in [0.4, 0.5) is 4.79 Å². The number of urea groups is 1. The van der Waals surface area contributed by atoms with E-state index in [0.717, 1.165) is 25.9 Å². The molecule has 116 valence electrons. The van der Waals surface area contributed by atoms with Crippen LogP contribution in [0.3, 0.4) is 0 Å². The molecule has 1 saturated carbocycles. The molecule has 0 radical (unpaired) electrons. The Kier molecular flexibility index (Phi) is 5.39. The molecule has 0 aromatic heterocycles. The van der Waals surface area contributed by atoms with Gasteiger partial charge >= 0.3 is 12.0 Å². The summed E-state index contributed by atoms with van der Waals surface area (Å²) in [5.74, 6) is -0.787. The maximum atomic E-state index is 12.5. The largest absolute Gasteiger partial charge is 0.481 e. The van der Waals surface area contributed by atoms with Crippen LogP contribution in [0.15, 0.2) is 0 Å². The third kappa shape index (κ3) is 4.60. The lowest BCUT2D eigenvalue weighted by molar-refractivity contribution is -0.137. The van der Waals surface area contributed by atoms with Gasteiger partial charge in [-0.3, -0.25) is 9.69 Å². The fraction of sp³-hybridized carbons (Fsp3) is 0.786. The molecule has 0 unspecified atom stereocenters. The Hall–Kier alpha value is -1.81. The first-order chi connectivity index (χ1) is 10.1. The van der Waals surface area contributed by atoms with Crippen molar-refractivity contribution >= 4 is 12.0 Å². The van der Waals surface area contributed by atoms with E-state index in [2.05, 4.69) is 11.0 Å². The molecular formula is C14H22N4O3. The molecule has 0 aromatic carbocycles. The molecule has 1 saturated heterocycles. The third-order valence-corrected chi connectivity index (χ3v) is 3.98. The molecule has 0 atom stereocenters. The molecule has 2 aliphatic rings. The van der Waals surface area contributed by atoms with Crippen LogP contribution in [0.5, 0.6) is 0 Å². The predicted octanol–water partition coefficient (Wildman–Crippen LogP) is 0.577. The van der Waals surface area contributed by atoms with Crippen molar-refractivity contribution in [1.29, 1.82) is 5.26 Å². The Morgan fingerprint density at radius 2 is 1.90 bits per heavy atom. The first-order valence-corrected chi connectivity index (χ1v) is 7.48. The predicted molar refractivity (Wildman–Crippen MR) is 75.6 cm³/mol. The number of hydrogen-bond acceptors (Lipinski definition) is 4. The fourth-order valence-electron chi connectivity index (χ4n) is 2.59. The van der Waals surface area contributed by atoms with Crippen molar-refractivity contribution in [2.75, 3.05) is 39.3 Å². The van der Waals surface area contributed by atoms with Gasteiger partial charge in [0.2, 0.25) is 0 Å². The van der Waals surface area contributed by atoms with Gasteiger partial charge in [0.1, 0.15) is 0 Å². The van der Waals surface area contributed by atoms with E-state index in [-0.39, 0.29) is 12.5 Å². The molecule has 2 fully saturated rings. The van der Waals surface area contributed by atoms with E-state index in [9.17, 15) is 9.59 Å². The van der Waals surface area contributed by atoms with Gasteiger partial charge in [-0.05, 0) is 12.8 Å². The Morgan fingerprint density at radius 1 is 1.24 bits per heavy atom. The number of nitriles is 1. The number of carboxylic acids is 1. The van der Waals surface area contributed by atoms with Crippen molar-refractivity contribution in [3.8, 4) is 6.07 Å². The van der Waals surface area contributed by atoms with Gasteiger partial charge in [0, 0.05) is 45.3 Å². The molecule has 1 aliphatic heterocycles. The minimum Gasteiger partial charge on any atom is -0.481 e. The van der Waals surface area contributed by atoms with Crippen molar-refractivity contribution in [3.63, 3.8) is 0 Å². The summed E-state index contributed by atoms with van der Waals surface area (Å²) in [4.78, 5) is 28.8. The molecule has 1 heterocycles. The van der Waals surface area contributed by atoms with Gasteiger partial charge in [-0.2, -0.15) is 5.26 Å². The summed E-state index contributed by atoms with van der Waals surface area (Å²) in [6.45, 7) is 3.76. The fourth-order valence-corrected chi connectivity index (χ4v) is 2.59. The Morgan fingerprint density at radius 3 is 2.43 bits per heavy atom. The molecule has 21 heavy (non-hydrogen) atoms. The van der Waals surface area contributed by atoms with Crippen LogP contribution in [0.25, 0.3) is 0 Å². The molecule has 0 bridgehead atoms. The quantitative estimate of drug-likeness (QED) is 0.774. The number of piperazine rings is 1. The summed E-state index contributed by atoms with van der Waals surface area (Å²) in [5, 5.41) is 17.4. The van der Waals surface area contributed by atoms with Gasteiger partial charge in [-0.25, -0.2) is 4.79 Å². The summed E-state index contributed by atoms with van der Waals surface area (Å²) < 4.78 is 0. The number of nitrogens with zero attached hydrogens (tertiary/aromatic N) is 4. The number of amides is 2. The van der Waals surface area contributed by atoms with Crippen molar-refractivity contribution in [3.05, 3.63) is 0 Å². The monoisotopic (exact) mass is 294 g/mol. The number of hydrogen-bond donors (Lipinski definition) is 1. The van der Waals surface area contributed by atoms with Gasteiger partial charge in [-0.1, -0.05) is 0 Å². The highest BCUT2D eigenvalue weighted by atomic mass is 16.4. The number of carbonyl (C=O) groups is 2. The van der Waals surface area contributed by atoms with Crippen molar-refractivity contribution < 1.29 is 14.7 Å². The zero-order chi connectivity index (χ0) is 15.2. The molecule has 2 rings (SSSR count). The summed E-state index contributed by atoms with van der Waals surface area (Å²) in [5.41, 5.74) is 0. The maximum Gasteiger partial charge on any atom is 0.320 e. The van der Waals surface area contributed by atoms with Crippen molar-refractivity contribution in [1.82, 2.24) is 14.7 Å². The van der Waals surface area contributed by atoms with E-state index in [1.807, 2.05) is 9.80 Å². The normalized spacial score (nSPS) is 19.1. The molecule has 7 heteroatoms. The average Bonchev–Trinajstić information content (AvgIpc) is 3.30. The van der Waals surface area contributed by atoms with Gasteiger partial charge < -0.3 is 14.9 Å². The van der Waals surface area contributed by atoms with Crippen LogP contribution in [0, 0.1) is 11.3 Å². The molecule has 1 aliphatic carbocycles. The Balaban J connectivity index is 1.78. The van der Waals surface area contributed by atoms with Gasteiger partial charge in [-0.15, -0.1) is 0 Å². The van der Waals surface area contributed by atoms with Crippen LogP contribution >= 0.6 is 0 Å². The van der Waals surface area contributed by atoms with E-state index >= 15 is 0 Å². The smallest absolute Gasteiger partial charge is 0.320 e. The lowest BCUT2D eigenvalue weighted by Crippen LogP contribution is -2.53. The highest BCUT2D eigenvalue weighted by Crippen LogP contribution is 2.28. The molecule has 0 aromatic rings. The summed E-state index contributed by atoms with van der Waals surface area (Å²) in [6, 6.07) is 2.45. The summed E-state index contributed by atoms with van der Waals surface area (Å²) >= 11 is 0. The van der Waals surface area contributed by atoms with Crippen LogP contribution in [0.2, 0.25) is 0 Å². The van der Waals surface area contributed by atoms with Crippen molar-refractivity contribution in [2.24, 2.45) is 0 Å². The van der Waals surface area contributed by atoms with Crippen LogP contribution in [-0.2, 0) is 4.79 Å². The van der Waals surface area contributed by atoms with Crippen molar-refractivity contribution in [2.45, 2.75) is 31.7 Å². The second-order valence-electron chi connectivity index (χ2n) is 5.59. The van der Waals surface area contributed by atoms with E-state index < -0.39 is 5.97 Å². The molecule has 0 spiro atoms. The number of rotatable bonds is 6. The Bertz CT molecular complexity index is 422. The zero-order valence-corrected chi connectivity index (χ0v) is 12.2. The average molecular weight is 294 g/mol. The number of carbonyl (C=O) groups excluding carboxylic acids is 1. The molecule has 1 N–H and O–H groups in total. The number of aliphatic carboxylic acids is 1. The maximum absolute atomic E-state index is 12.5. The van der Waals surface area contributed by atoms with Gasteiger partial charge in [0.25, 0.3) is 0 Å². The van der Waals surface area contributed by atoms with Gasteiger partial charge in [0.05, 0.1) is 18.9 Å². The van der Waals surface area contributed by atoms with E-state index in [4.69, 9.17) is 10.4 Å². The third-order valence-electron chi connectivity index (χ3n) is 3.98. The highest BCUT2D eigenvalue weighted by molar-refractivity contribution is 5.75. The van der Waals surface area contributed by atoms with Crippen LogP contribution in [-0.4, -0.2) is 77.1 Å². The summed E-state index contributed by atoms with van der Waals surface area (Å²) in [6.07, 6.45) is 2.59. The second-order valence-corrected chi connectivity index (χ2v) is 5.59. The number of carboxylic acid groups (broad SMARTS) is 1. The van der Waals surface area contributed by atoms with Gasteiger partial charge in [0.15, 0.2) is 0 Å². The standard InChI is InChI=1S/C14H22N4O3/c15-5-1-6-18(12-2-3-12)14(21)17-10-8-16(9-11-17)7-4-13(19)20/h12H,1-4,6-11H2,(H,19,20). The first kappa shape index (κ1) is 15.6. The molecular weight excluding hydrogens is 272 g/mol. The topological polar surface area (TPSA) is 87.9 Å². The van der Waals surface area contributed by atoms with E-state index in [1.54, 1.807) is 0 Å². The lowest BCUT2D eigenvalue weighted by atomic mass is 10.3. The second kappa shape index (κ2) is 7.27. The Labute approximate surface area is 124 Å². The highest BCUT2D eigenvalue weighted by Gasteiger charge is 2.35. The SMILES string of the molecule is N#CCCN(C(=O)N1CCN(CCC(=O)O)CC1)C1CC1. The molecule has 2 amide bonds. The van der Waals surface area contributed by atoms with E-state index in [1.165, 1.54) is 0 Å². The van der Waals surface area contributed by atoms with Crippen LogP contribution < -0.4 is 0 Å². The first-order valence-electron chi connectivity index (χ1n) is 7.48. The zero-order valence-electron chi connectivity index (χ0n) is 12.2. The van der Waals surface area contributed by atoms with Crippen LogP contribution in [0.1, 0.15) is 25.7 Å². The minimum atomic E-state index is -0.787. The lowest BCUT2D eigenvalue weighted by Gasteiger charge is -2.37.